The monoisotopic (exact) mass is 228 g/mol. The topological polar surface area (TPSA) is 42.0 Å². The van der Waals surface area contributed by atoms with Crippen LogP contribution in [0.3, 0.4) is 0 Å². The van der Waals surface area contributed by atoms with Crippen molar-refractivity contribution in [2.24, 2.45) is 0 Å². The van der Waals surface area contributed by atoms with Gasteiger partial charge in [0.25, 0.3) is 0 Å². The second-order valence-electron chi connectivity index (χ2n) is 2.88. The number of amides is 1. The Bertz CT molecular complexity index is 393. The molecule has 15 heavy (non-hydrogen) atoms. The van der Waals surface area contributed by atoms with Gasteiger partial charge in [-0.2, -0.15) is 0 Å². The quantitative estimate of drug-likeness (QED) is 0.805. The maximum atomic E-state index is 12.9. The van der Waals surface area contributed by atoms with Crippen molar-refractivity contribution in [1.82, 2.24) is 10.3 Å². The molecule has 5 heteroatoms. The highest BCUT2D eigenvalue weighted by molar-refractivity contribution is 6.29. The molecule has 0 aliphatic carbocycles. The van der Waals surface area contributed by atoms with Gasteiger partial charge in [-0.05, 0) is 11.6 Å². The molecule has 0 saturated carbocycles. The molecule has 0 bridgehead atoms. The van der Waals surface area contributed by atoms with Gasteiger partial charge in [-0.25, -0.2) is 9.37 Å². The highest BCUT2D eigenvalue weighted by atomic mass is 35.5. The molecule has 0 aliphatic heterocycles. The summed E-state index contributed by atoms with van der Waals surface area (Å²) >= 11 is 5.42. The summed E-state index contributed by atoms with van der Waals surface area (Å²) in [7, 11) is 0. The Hall–Kier alpha value is -1.42. The predicted molar refractivity (Wildman–Crippen MR) is 56.9 cm³/mol. The van der Waals surface area contributed by atoms with Crippen LogP contribution in [0, 0.1) is 5.82 Å². The molecule has 1 amide bonds. The number of carbonyl (C=O) groups excluding carboxylic acids is 1. The molecule has 0 aromatic carbocycles. The minimum Gasteiger partial charge on any atom is -0.353 e. The molecule has 0 aliphatic rings. The lowest BCUT2D eigenvalue weighted by Gasteiger charge is -1.96. The van der Waals surface area contributed by atoms with Crippen molar-refractivity contribution in [3.8, 4) is 0 Å². The summed E-state index contributed by atoms with van der Waals surface area (Å²) in [6.07, 6.45) is 4.81. The summed E-state index contributed by atoms with van der Waals surface area (Å²) in [4.78, 5) is 14.2. The van der Waals surface area contributed by atoms with Crippen molar-refractivity contribution in [3.05, 3.63) is 34.9 Å². The largest absolute Gasteiger partial charge is 0.353 e. The molecule has 1 heterocycles. The van der Waals surface area contributed by atoms with Gasteiger partial charge in [0.15, 0.2) is 11.0 Å². The summed E-state index contributed by atoms with van der Waals surface area (Å²) in [5.74, 6) is -0.668. The molecular formula is C10H10ClFN2O. The van der Waals surface area contributed by atoms with E-state index >= 15 is 0 Å². The molecule has 0 unspecified atom stereocenters. The van der Waals surface area contributed by atoms with E-state index in [1.807, 2.05) is 0 Å². The number of aromatic nitrogens is 1. The number of halogens is 2. The molecule has 1 N–H and O–H groups in total. The maximum Gasteiger partial charge on any atom is 0.217 e. The average Bonchev–Trinajstić information content (AvgIpc) is 2.18. The van der Waals surface area contributed by atoms with Crippen molar-refractivity contribution < 1.29 is 9.18 Å². The highest BCUT2D eigenvalue weighted by Gasteiger charge is 1.99. The molecule has 0 atom stereocenters. The summed E-state index contributed by atoms with van der Waals surface area (Å²) in [6.45, 7) is 1.83. The number of hydrogen-bond acceptors (Lipinski definition) is 2. The Morgan fingerprint density at radius 2 is 2.47 bits per heavy atom. The SMILES string of the molecule is CC(=O)NCC=Cc1cnc(Cl)c(F)c1. The van der Waals surface area contributed by atoms with Crippen molar-refractivity contribution in [3.63, 3.8) is 0 Å². The van der Waals surface area contributed by atoms with Crippen molar-refractivity contribution in [2.75, 3.05) is 6.54 Å². The van der Waals surface area contributed by atoms with Gasteiger partial charge >= 0.3 is 0 Å². The first kappa shape index (κ1) is 11.7. The molecule has 0 saturated heterocycles. The smallest absolute Gasteiger partial charge is 0.217 e. The van der Waals surface area contributed by atoms with Gasteiger partial charge in [-0.15, -0.1) is 0 Å². The second-order valence-corrected chi connectivity index (χ2v) is 3.24. The molecular weight excluding hydrogens is 219 g/mol. The standard InChI is InChI=1S/C10H10ClFN2O/c1-7(15)13-4-2-3-8-5-9(12)10(11)14-6-8/h2-3,5-6H,4H2,1H3,(H,13,15). The maximum absolute atomic E-state index is 12.9. The first-order chi connectivity index (χ1) is 7.09. The van der Waals surface area contributed by atoms with Crippen LogP contribution < -0.4 is 5.32 Å². The number of pyridine rings is 1. The number of nitrogens with zero attached hydrogens (tertiary/aromatic N) is 1. The number of nitrogens with one attached hydrogen (secondary N) is 1. The Morgan fingerprint density at radius 1 is 1.73 bits per heavy atom. The van der Waals surface area contributed by atoms with Crippen LogP contribution in [0.2, 0.25) is 5.15 Å². The number of hydrogen-bond donors (Lipinski definition) is 1. The van der Waals surface area contributed by atoms with E-state index in [2.05, 4.69) is 10.3 Å². The van der Waals surface area contributed by atoms with E-state index in [0.717, 1.165) is 0 Å². The zero-order chi connectivity index (χ0) is 11.3. The Balaban J connectivity index is 2.57. The van der Waals surface area contributed by atoms with Gasteiger partial charge in [0.2, 0.25) is 5.91 Å². The average molecular weight is 229 g/mol. The number of carbonyl (C=O) groups is 1. The third-order valence-corrected chi connectivity index (χ3v) is 1.87. The zero-order valence-electron chi connectivity index (χ0n) is 8.13. The van der Waals surface area contributed by atoms with E-state index in [0.29, 0.717) is 12.1 Å². The fourth-order valence-corrected chi connectivity index (χ4v) is 1.03. The van der Waals surface area contributed by atoms with Crippen LogP contribution in [0.5, 0.6) is 0 Å². The molecule has 0 fully saturated rings. The van der Waals surface area contributed by atoms with Crippen LogP contribution in [0.4, 0.5) is 4.39 Å². The van der Waals surface area contributed by atoms with E-state index in [4.69, 9.17) is 11.6 Å². The third-order valence-electron chi connectivity index (χ3n) is 1.60. The lowest BCUT2D eigenvalue weighted by atomic mass is 10.2. The van der Waals surface area contributed by atoms with Crippen LogP contribution in [-0.2, 0) is 4.79 Å². The van der Waals surface area contributed by atoms with Crippen LogP contribution in [-0.4, -0.2) is 17.4 Å². The zero-order valence-corrected chi connectivity index (χ0v) is 8.88. The van der Waals surface area contributed by atoms with Gasteiger partial charge in [0, 0.05) is 19.7 Å². The fourth-order valence-electron chi connectivity index (χ4n) is 0.925. The molecule has 1 rings (SSSR count). The highest BCUT2D eigenvalue weighted by Crippen LogP contribution is 2.12. The van der Waals surface area contributed by atoms with Gasteiger partial charge < -0.3 is 5.32 Å². The van der Waals surface area contributed by atoms with Crippen molar-refractivity contribution in [2.45, 2.75) is 6.92 Å². The van der Waals surface area contributed by atoms with E-state index in [1.165, 1.54) is 19.2 Å². The summed E-state index contributed by atoms with van der Waals surface area (Å²) in [6, 6.07) is 1.28. The molecule has 80 valence electrons. The third kappa shape index (κ3) is 4.08. The summed E-state index contributed by atoms with van der Waals surface area (Å²) in [5.41, 5.74) is 0.599. The minimum absolute atomic E-state index is 0.111. The first-order valence-electron chi connectivity index (χ1n) is 4.31. The van der Waals surface area contributed by atoms with Crippen molar-refractivity contribution >= 4 is 23.6 Å². The molecule has 1 aromatic heterocycles. The lowest BCUT2D eigenvalue weighted by Crippen LogP contribution is -2.19. The van der Waals surface area contributed by atoms with Gasteiger partial charge in [-0.1, -0.05) is 23.8 Å². The Kier molecular flexibility index (Phi) is 4.24. The van der Waals surface area contributed by atoms with Gasteiger partial charge in [-0.3, -0.25) is 4.79 Å². The van der Waals surface area contributed by atoms with Crippen LogP contribution >= 0.6 is 11.6 Å². The van der Waals surface area contributed by atoms with E-state index < -0.39 is 5.82 Å². The fraction of sp³-hybridized carbons (Fsp3) is 0.200. The summed E-state index contributed by atoms with van der Waals surface area (Å²) < 4.78 is 12.9. The second kappa shape index (κ2) is 5.46. The molecule has 3 nitrogen and oxygen atoms in total. The lowest BCUT2D eigenvalue weighted by molar-refractivity contribution is -0.118. The predicted octanol–water partition coefficient (Wildman–Crippen LogP) is 2.02. The van der Waals surface area contributed by atoms with Gasteiger partial charge in [0.1, 0.15) is 0 Å². The Labute approximate surface area is 92.0 Å². The normalized spacial score (nSPS) is 10.6. The molecule has 1 aromatic rings. The molecule has 0 spiro atoms. The van der Waals surface area contributed by atoms with Gasteiger partial charge in [0.05, 0.1) is 0 Å². The summed E-state index contributed by atoms with van der Waals surface area (Å²) in [5, 5.41) is 2.43. The minimum atomic E-state index is -0.557. The van der Waals surface area contributed by atoms with Crippen LogP contribution in [0.25, 0.3) is 6.08 Å². The van der Waals surface area contributed by atoms with E-state index in [1.54, 1.807) is 12.2 Å². The van der Waals surface area contributed by atoms with Crippen LogP contribution in [0.1, 0.15) is 12.5 Å². The number of rotatable bonds is 3. The first-order valence-corrected chi connectivity index (χ1v) is 4.69. The van der Waals surface area contributed by atoms with Crippen LogP contribution in [0.15, 0.2) is 18.3 Å². The van der Waals surface area contributed by atoms with Crippen molar-refractivity contribution in [1.29, 1.82) is 0 Å². The van der Waals surface area contributed by atoms with E-state index in [-0.39, 0.29) is 11.1 Å². The van der Waals surface area contributed by atoms with E-state index in [9.17, 15) is 9.18 Å². The molecule has 0 radical (unpaired) electrons. The Morgan fingerprint density at radius 3 is 3.07 bits per heavy atom.